The maximum atomic E-state index is 12.6. The molecular formula is C16H24ClN5O2. The van der Waals surface area contributed by atoms with Gasteiger partial charge in [0.05, 0.1) is 11.2 Å². The van der Waals surface area contributed by atoms with Crippen LogP contribution in [0.1, 0.15) is 25.7 Å². The number of aryl methyl sites for hydroxylation is 1. The van der Waals surface area contributed by atoms with Gasteiger partial charge < -0.3 is 10.2 Å². The summed E-state index contributed by atoms with van der Waals surface area (Å²) in [6.07, 6.45) is 5.92. The molecule has 1 aromatic heterocycles. The molecule has 0 saturated carbocycles. The van der Waals surface area contributed by atoms with Gasteiger partial charge in [-0.1, -0.05) is 11.6 Å². The Morgan fingerprint density at radius 1 is 1.42 bits per heavy atom. The molecule has 7 nitrogen and oxygen atoms in total. The van der Waals surface area contributed by atoms with E-state index in [1.54, 1.807) is 17.1 Å². The van der Waals surface area contributed by atoms with Gasteiger partial charge in [0.15, 0.2) is 0 Å². The summed E-state index contributed by atoms with van der Waals surface area (Å²) < 4.78 is 1.69. The van der Waals surface area contributed by atoms with E-state index in [9.17, 15) is 9.59 Å². The number of aromatic nitrogens is 2. The maximum Gasteiger partial charge on any atom is 0.224 e. The minimum absolute atomic E-state index is 0.0952. The van der Waals surface area contributed by atoms with Gasteiger partial charge in [0.25, 0.3) is 0 Å². The Morgan fingerprint density at radius 3 is 3.00 bits per heavy atom. The Hall–Kier alpha value is -1.60. The first kappa shape index (κ1) is 17.2. The first-order valence-electron chi connectivity index (χ1n) is 8.42. The fraction of sp³-hybridized carbons (Fsp3) is 0.688. The molecule has 3 rings (SSSR count). The van der Waals surface area contributed by atoms with Crippen molar-refractivity contribution < 1.29 is 9.59 Å². The Labute approximate surface area is 146 Å². The van der Waals surface area contributed by atoms with Crippen molar-refractivity contribution in [3.63, 3.8) is 0 Å². The van der Waals surface area contributed by atoms with Crippen molar-refractivity contribution in [1.82, 2.24) is 24.9 Å². The highest BCUT2D eigenvalue weighted by atomic mass is 35.5. The van der Waals surface area contributed by atoms with E-state index in [1.165, 1.54) is 0 Å². The summed E-state index contributed by atoms with van der Waals surface area (Å²) in [5.74, 6) is 0.247. The Balaban J connectivity index is 1.61. The number of nitrogens with zero attached hydrogens (tertiary/aromatic N) is 4. The van der Waals surface area contributed by atoms with Crippen LogP contribution in [-0.4, -0.2) is 70.2 Å². The number of piperazine rings is 1. The summed E-state index contributed by atoms with van der Waals surface area (Å²) in [6, 6.07) is 0. The third-order valence-corrected chi connectivity index (χ3v) is 5.43. The molecule has 1 spiro atoms. The van der Waals surface area contributed by atoms with Crippen LogP contribution in [0.2, 0.25) is 5.02 Å². The summed E-state index contributed by atoms with van der Waals surface area (Å²) in [4.78, 5) is 28.5. The van der Waals surface area contributed by atoms with E-state index in [0.29, 0.717) is 37.5 Å². The number of carbonyl (C=O) groups excluding carboxylic acids is 2. The molecule has 1 N–H and O–H groups in total. The maximum absolute atomic E-state index is 12.6. The molecule has 2 fully saturated rings. The van der Waals surface area contributed by atoms with Crippen LogP contribution in [-0.2, 0) is 16.1 Å². The van der Waals surface area contributed by atoms with Gasteiger partial charge in [-0.25, -0.2) is 0 Å². The SMILES string of the molecule is CN1CCN(C(=O)CCn2cc(Cl)cn2)C[C@@]12CCNC(=O)CC2. The van der Waals surface area contributed by atoms with Crippen LogP contribution < -0.4 is 5.32 Å². The highest BCUT2D eigenvalue weighted by Crippen LogP contribution is 2.30. The number of rotatable bonds is 3. The molecule has 0 aromatic carbocycles. The average Bonchev–Trinajstić information content (AvgIpc) is 2.89. The second-order valence-corrected chi connectivity index (χ2v) is 7.17. The minimum atomic E-state index is -0.0952. The van der Waals surface area contributed by atoms with Crippen LogP contribution in [0.25, 0.3) is 0 Å². The molecule has 0 unspecified atom stereocenters. The van der Waals surface area contributed by atoms with E-state index in [2.05, 4.69) is 22.4 Å². The van der Waals surface area contributed by atoms with Crippen LogP contribution in [0.5, 0.6) is 0 Å². The molecule has 8 heteroatoms. The molecule has 2 aliphatic heterocycles. The van der Waals surface area contributed by atoms with Crippen molar-refractivity contribution >= 4 is 23.4 Å². The number of nitrogens with one attached hydrogen (secondary N) is 1. The van der Waals surface area contributed by atoms with Gasteiger partial charge in [0.1, 0.15) is 0 Å². The van der Waals surface area contributed by atoms with Crippen molar-refractivity contribution in [1.29, 1.82) is 0 Å². The highest BCUT2D eigenvalue weighted by molar-refractivity contribution is 6.30. The molecule has 0 bridgehead atoms. The summed E-state index contributed by atoms with van der Waals surface area (Å²) in [5.41, 5.74) is -0.0952. The van der Waals surface area contributed by atoms with Gasteiger partial charge in [-0.3, -0.25) is 19.2 Å². The lowest BCUT2D eigenvalue weighted by Gasteiger charge is -2.49. The number of likely N-dealkylation sites (N-methyl/N-ethyl adjacent to an activating group) is 1. The summed E-state index contributed by atoms with van der Waals surface area (Å²) in [5, 5.41) is 7.63. The molecule has 24 heavy (non-hydrogen) atoms. The summed E-state index contributed by atoms with van der Waals surface area (Å²) >= 11 is 5.85. The number of hydrogen-bond acceptors (Lipinski definition) is 4. The van der Waals surface area contributed by atoms with Crippen molar-refractivity contribution in [2.75, 3.05) is 33.2 Å². The van der Waals surface area contributed by atoms with E-state index in [4.69, 9.17) is 11.6 Å². The van der Waals surface area contributed by atoms with Crippen LogP contribution in [0.15, 0.2) is 12.4 Å². The third kappa shape index (κ3) is 3.72. The fourth-order valence-electron chi connectivity index (χ4n) is 3.64. The van der Waals surface area contributed by atoms with Gasteiger partial charge in [-0.15, -0.1) is 0 Å². The summed E-state index contributed by atoms with van der Waals surface area (Å²) in [7, 11) is 2.10. The van der Waals surface area contributed by atoms with E-state index < -0.39 is 0 Å². The predicted octanol–water partition coefficient (Wildman–Crippen LogP) is 0.739. The number of halogens is 1. The van der Waals surface area contributed by atoms with Gasteiger partial charge in [-0.05, 0) is 19.9 Å². The second kappa shape index (κ2) is 7.11. The molecule has 0 radical (unpaired) electrons. The fourth-order valence-corrected chi connectivity index (χ4v) is 3.80. The van der Waals surface area contributed by atoms with Gasteiger partial charge in [-0.2, -0.15) is 5.10 Å². The molecule has 2 saturated heterocycles. The zero-order valence-corrected chi connectivity index (χ0v) is 14.8. The minimum Gasteiger partial charge on any atom is -0.356 e. The van der Waals surface area contributed by atoms with Crippen LogP contribution in [0.3, 0.4) is 0 Å². The van der Waals surface area contributed by atoms with Crippen LogP contribution >= 0.6 is 11.6 Å². The standard InChI is InChI=1S/C16H24ClN5O2/c1-20-8-9-21(12-16(20)4-2-14(23)18-6-5-16)15(24)3-7-22-11-13(17)10-19-22/h10-11H,2-9,12H2,1H3,(H,18,23)/t16-/m1/s1. The second-order valence-electron chi connectivity index (χ2n) is 6.73. The Kier molecular flexibility index (Phi) is 5.10. The Morgan fingerprint density at radius 2 is 2.25 bits per heavy atom. The molecule has 0 aliphatic carbocycles. The van der Waals surface area contributed by atoms with E-state index in [1.807, 2.05) is 4.90 Å². The number of carbonyl (C=O) groups is 2. The van der Waals surface area contributed by atoms with Gasteiger partial charge in [0, 0.05) is 57.3 Å². The van der Waals surface area contributed by atoms with Crippen molar-refractivity contribution in [2.45, 2.75) is 37.8 Å². The largest absolute Gasteiger partial charge is 0.356 e. The van der Waals surface area contributed by atoms with Gasteiger partial charge in [0.2, 0.25) is 11.8 Å². The van der Waals surface area contributed by atoms with E-state index in [0.717, 1.165) is 25.9 Å². The van der Waals surface area contributed by atoms with E-state index in [-0.39, 0.29) is 17.4 Å². The lowest BCUT2D eigenvalue weighted by Crippen LogP contribution is -2.62. The smallest absolute Gasteiger partial charge is 0.224 e. The normalized spacial score (nSPS) is 25.6. The zero-order chi connectivity index (χ0) is 17.2. The van der Waals surface area contributed by atoms with Crippen molar-refractivity contribution in [3.8, 4) is 0 Å². The lowest BCUT2D eigenvalue weighted by atomic mass is 9.86. The van der Waals surface area contributed by atoms with Gasteiger partial charge >= 0.3 is 0 Å². The molecule has 3 heterocycles. The molecule has 132 valence electrons. The Bertz CT molecular complexity index is 619. The molecule has 2 amide bonds. The van der Waals surface area contributed by atoms with E-state index >= 15 is 0 Å². The summed E-state index contributed by atoms with van der Waals surface area (Å²) in [6.45, 7) is 3.48. The first-order valence-corrected chi connectivity index (χ1v) is 8.80. The molecule has 1 aromatic rings. The number of amides is 2. The van der Waals surface area contributed by atoms with Crippen molar-refractivity contribution in [2.24, 2.45) is 0 Å². The molecule has 2 aliphatic rings. The quantitative estimate of drug-likeness (QED) is 0.870. The van der Waals surface area contributed by atoms with Crippen LogP contribution in [0.4, 0.5) is 0 Å². The topological polar surface area (TPSA) is 70.5 Å². The lowest BCUT2D eigenvalue weighted by molar-refractivity contribution is -0.137. The van der Waals surface area contributed by atoms with Crippen LogP contribution in [0, 0.1) is 0 Å². The van der Waals surface area contributed by atoms with Crippen molar-refractivity contribution in [3.05, 3.63) is 17.4 Å². The monoisotopic (exact) mass is 353 g/mol. The predicted molar refractivity (Wildman–Crippen MR) is 90.7 cm³/mol. The first-order chi connectivity index (χ1) is 11.5. The number of hydrogen-bond donors (Lipinski definition) is 1. The molecular weight excluding hydrogens is 330 g/mol. The average molecular weight is 354 g/mol. The third-order valence-electron chi connectivity index (χ3n) is 5.24. The highest BCUT2D eigenvalue weighted by Gasteiger charge is 2.41. The molecule has 1 atom stereocenters. The zero-order valence-electron chi connectivity index (χ0n) is 14.0.